The van der Waals surface area contributed by atoms with E-state index in [0.29, 0.717) is 12.8 Å². The van der Waals surface area contributed by atoms with Crippen LogP contribution in [-0.2, 0) is 11.2 Å². The lowest BCUT2D eigenvalue weighted by molar-refractivity contribution is -0.384. The first-order valence-corrected chi connectivity index (χ1v) is 8.06. The Labute approximate surface area is 147 Å². The first-order valence-electron chi connectivity index (χ1n) is 8.06. The molecule has 0 fully saturated rings. The number of carbonyl (C=O) groups is 1. The molecule has 0 aromatic heterocycles. The minimum absolute atomic E-state index is 0.0232. The summed E-state index contributed by atoms with van der Waals surface area (Å²) in [6.45, 7) is 1.86. The molecule has 1 amide bonds. The van der Waals surface area contributed by atoms with E-state index in [1.54, 1.807) is 31.2 Å². The largest absolute Gasteiger partial charge is 0.496 e. The van der Waals surface area contributed by atoms with Gasteiger partial charge >= 0.3 is 0 Å². The van der Waals surface area contributed by atoms with Crippen molar-refractivity contribution in [1.29, 1.82) is 0 Å². The summed E-state index contributed by atoms with van der Waals surface area (Å²) in [4.78, 5) is 24.6. The van der Waals surface area contributed by atoms with Crippen molar-refractivity contribution >= 4 is 11.6 Å². The minimum Gasteiger partial charge on any atom is -0.496 e. The third-order valence-electron chi connectivity index (χ3n) is 4.34. The molecule has 0 saturated heterocycles. The molecule has 132 valence electrons. The summed E-state index contributed by atoms with van der Waals surface area (Å²) >= 11 is 0. The third kappa shape index (κ3) is 4.56. The van der Waals surface area contributed by atoms with E-state index in [9.17, 15) is 14.9 Å². The SMILES string of the molecule is COc1ccccc1CCC(=O)N(C)[C@H](C)c1cccc([N+](=O)[O-])c1. The zero-order valence-corrected chi connectivity index (χ0v) is 14.6. The second-order valence-electron chi connectivity index (χ2n) is 5.84. The molecule has 6 heteroatoms. The number of hydrogen-bond acceptors (Lipinski definition) is 4. The average molecular weight is 342 g/mol. The van der Waals surface area contributed by atoms with Gasteiger partial charge in [-0.1, -0.05) is 30.3 Å². The molecule has 6 nitrogen and oxygen atoms in total. The molecule has 0 unspecified atom stereocenters. The number of benzene rings is 2. The lowest BCUT2D eigenvalue weighted by Gasteiger charge is -2.25. The highest BCUT2D eigenvalue weighted by molar-refractivity contribution is 5.76. The van der Waals surface area contributed by atoms with Gasteiger partial charge in [-0.3, -0.25) is 14.9 Å². The van der Waals surface area contributed by atoms with Gasteiger partial charge in [-0.25, -0.2) is 0 Å². The number of hydrogen-bond donors (Lipinski definition) is 0. The van der Waals surface area contributed by atoms with Gasteiger partial charge in [0.2, 0.25) is 5.91 Å². The molecule has 0 aliphatic rings. The van der Waals surface area contributed by atoms with Crippen molar-refractivity contribution < 1.29 is 14.5 Å². The first-order chi connectivity index (χ1) is 11.9. The Morgan fingerprint density at radius 2 is 1.96 bits per heavy atom. The molecule has 0 bridgehead atoms. The fraction of sp³-hybridized carbons (Fsp3) is 0.316. The maximum Gasteiger partial charge on any atom is 0.269 e. The van der Waals surface area contributed by atoms with Crippen LogP contribution in [0.3, 0.4) is 0 Å². The van der Waals surface area contributed by atoms with E-state index < -0.39 is 4.92 Å². The summed E-state index contributed by atoms with van der Waals surface area (Å²) in [6.07, 6.45) is 0.922. The second kappa shape index (κ2) is 8.28. The standard InChI is InChI=1S/C19H22N2O4/c1-14(16-8-6-9-17(13-16)21(23)24)20(2)19(22)12-11-15-7-4-5-10-18(15)25-3/h4-10,13-14H,11-12H2,1-3H3/t14-/m1/s1. The summed E-state index contributed by atoms with van der Waals surface area (Å²) in [5.41, 5.74) is 1.75. The van der Waals surface area contributed by atoms with Crippen molar-refractivity contribution in [2.24, 2.45) is 0 Å². The monoisotopic (exact) mass is 342 g/mol. The minimum atomic E-state index is -0.431. The van der Waals surface area contributed by atoms with Gasteiger partial charge in [0.1, 0.15) is 5.75 Å². The van der Waals surface area contributed by atoms with E-state index in [1.807, 2.05) is 31.2 Å². The van der Waals surface area contributed by atoms with Gasteiger partial charge in [0, 0.05) is 25.6 Å². The number of ether oxygens (including phenoxy) is 1. The number of non-ortho nitro benzene ring substituents is 1. The molecule has 0 saturated carbocycles. The zero-order valence-electron chi connectivity index (χ0n) is 14.6. The fourth-order valence-corrected chi connectivity index (χ4v) is 2.67. The van der Waals surface area contributed by atoms with E-state index in [4.69, 9.17) is 4.74 Å². The highest BCUT2D eigenvalue weighted by Gasteiger charge is 2.19. The van der Waals surface area contributed by atoms with Crippen LogP contribution in [0.2, 0.25) is 0 Å². The number of para-hydroxylation sites is 1. The number of carbonyl (C=O) groups excluding carboxylic acids is 1. The number of nitro groups is 1. The summed E-state index contributed by atoms with van der Waals surface area (Å²) in [7, 11) is 3.32. The summed E-state index contributed by atoms with van der Waals surface area (Å²) < 4.78 is 5.30. The summed E-state index contributed by atoms with van der Waals surface area (Å²) in [6, 6.07) is 13.8. The molecule has 0 spiro atoms. The maximum absolute atomic E-state index is 12.5. The molecule has 0 radical (unpaired) electrons. The van der Waals surface area contributed by atoms with Gasteiger partial charge < -0.3 is 9.64 Å². The predicted octanol–water partition coefficient (Wildman–Crippen LogP) is 3.76. The van der Waals surface area contributed by atoms with E-state index in [1.165, 1.54) is 12.1 Å². The molecule has 0 aliphatic heterocycles. The highest BCUT2D eigenvalue weighted by atomic mass is 16.6. The molecular weight excluding hydrogens is 320 g/mol. The van der Waals surface area contributed by atoms with Crippen LogP contribution in [0.15, 0.2) is 48.5 Å². The van der Waals surface area contributed by atoms with E-state index in [0.717, 1.165) is 16.9 Å². The van der Waals surface area contributed by atoms with Crippen molar-refractivity contribution in [2.75, 3.05) is 14.2 Å². The highest BCUT2D eigenvalue weighted by Crippen LogP contribution is 2.24. The number of methoxy groups -OCH3 is 1. The summed E-state index contributed by atoms with van der Waals surface area (Å²) in [5, 5.41) is 10.9. The van der Waals surface area contributed by atoms with Gasteiger partial charge in [0.05, 0.1) is 18.1 Å². The Hall–Kier alpha value is -2.89. The quantitative estimate of drug-likeness (QED) is 0.567. The number of rotatable bonds is 7. The normalized spacial score (nSPS) is 11.6. The topological polar surface area (TPSA) is 72.7 Å². The number of nitro benzene ring substituents is 1. The van der Waals surface area contributed by atoms with Crippen LogP contribution in [0, 0.1) is 10.1 Å². The number of nitrogens with zero attached hydrogens (tertiary/aromatic N) is 2. The fourth-order valence-electron chi connectivity index (χ4n) is 2.67. The van der Waals surface area contributed by atoms with Crippen LogP contribution in [0.25, 0.3) is 0 Å². The molecule has 2 aromatic rings. The summed E-state index contributed by atoms with van der Waals surface area (Å²) in [5.74, 6) is 0.745. The van der Waals surface area contributed by atoms with Crippen molar-refractivity contribution in [3.05, 3.63) is 69.8 Å². The van der Waals surface area contributed by atoms with E-state index >= 15 is 0 Å². The zero-order chi connectivity index (χ0) is 18.4. The van der Waals surface area contributed by atoms with Crippen LogP contribution in [0.5, 0.6) is 5.75 Å². The van der Waals surface area contributed by atoms with Crippen LogP contribution in [0.4, 0.5) is 5.69 Å². The van der Waals surface area contributed by atoms with Crippen molar-refractivity contribution in [3.63, 3.8) is 0 Å². The van der Waals surface area contributed by atoms with Gasteiger partial charge in [0.25, 0.3) is 5.69 Å². The Kier molecular flexibility index (Phi) is 6.11. The Morgan fingerprint density at radius 1 is 1.24 bits per heavy atom. The molecule has 0 aliphatic carbocycles. The van der Waals surface area contributed by atoms with Gasteiger partial charge in [0.15, 0.2) is 0 Å². The van der Waals surface area contributed by atoms with E-state index in [-0.39, 0.29) is 17.6 Å². The maximum atomic E-state index is 12.5. The van der Waals surface area contributed by atoms with Gasteiger partial charge in [-0.15, -0.1) is 0 Å². The lowest BCUT2D eigenvalue weighted by atomic mass is 10.0. The van der Waals surface area contributed by atoms with Crippen LogP contribution in [-0.4, -0.2) is 29.9 Å². The Balaban J connectivity index is 2.04. The molecule has 25 heavy (non-hydrogen) atoms. The first kappa shape index (κ1) is 18.4. The molecule has 1 atom stereocenters. The van der Waals surface area contributed by atoms with Crippen LogP contribution >= 0.6 is 0 Å². The number of amides is 1. The molecule has 2 rings (SSSR count). The number of aryl methyl sites for hydroxylation is 1. The molecule has 0 heterocycles. The smallest absolute Gasteiger partial charge is 0.269 e. The van der Waals surface area contributed by atoms with Crippen molar-refractivity contribution in [3.8, 4) is 5.75 Å². The van der Waals surface area contributed by atoms with Crippen LogP contribution < -0.4 is 4.74 Å². The molecule has 2 aromatic carbocycles. The van der Waals surface area contributed by atoms with Crippen molar-refractivity contribution in [1.82, 2.24) is 4.90 Å². The Bertz CT molecular complexity index is 761. The molecule has 0 N–H and O–H groups in total. The third-order valence-corrected chi connectivity index (χ3v) is 4.34. The van der Waals surface area contributed by atoms with Gasteiger partial charge in [-0.05, 0) is 30.5 Å². The van der Waals surface area contributed by atoms with E-state index in [2.05, 4.69) is 0 Å². The molecular formula is C19H22N2O4. The second-order valence-corrected chi connectivity index (χ2v) is 5.84. The van der Waals surface area contributed by atoms with Crippen molar-refractivity contribution in [2.45, 2.75) is 25.8 Å². The van der Waals surface area contributed by atoms with Crippen LogP contribution in [0.1, 0.15) is 30.5 Å². The predicted molar refractivity (Wildman–Crippen MR) is 95.6 cm³/mol. The average Bonchev–Trinajstić information content (AvgIpc) is 2.65. The Morgan fingerprint density at radius 3 is 2.64 bits per heavy atom. The lowest BCUT2D eigenvalue weighted by Crippen LogP contribution is -2.29. The van der Waals surface area contributed by atoms with Gasteiger partial charge in [-0.2, -0.15) is 0 Å².